The average molecular weight is 298 g/mol. The van der Waals surface area contributed by atoms with E-state index in [1.165, 1.54) is 6.07 Å². The minimum Gasteiger partial charge on any atom is -0.339 e. The Labute approximate surface area is 122 Å². The summed E-state index contributed by atoms with van der Waals surface area (Å²) >= 11 is 5.74. The van der Waals surface area contributed by atoms with Crippen LogP contribution in [0.2, 0.25) is 5.02 Å². The lowest BCUT2D eigenvalue weighted by atomic mass is 10.1. The third-order valence-electron chi connectivity index (χ3n) is 2.92. The topological polar surface area (TPSA) is 51.0 Å². The predicted molar refractivity (Wildman–Crippen MR) is 75.4 cm³/mol. The number of aromatic nitrogens is 2. The van der Waals surface area contributed by atoms with E-state index >= 15 is 0 Å². The molecule has 1 heterocycles. The molecule has 1 N–H and O–H groups in total. The van der Waals surface area contributed by atoms with Gasteiger partial charge in [-0.25, -0.2) is 4.39 Å². The second-order valence-corrected chi connectivity index (χ2v) is 5.06. The van der Waals surface area contributed by atoms with Crippen LogP contribution in [0, 0.1) is 5.82 Å². The molecule has 1 aromatic carbocycles. The summed E-state index contributed by atoms with van der Waals surface area (Å²) in [5.41, 5.74) is 0.463. The fourth-order valence-electron chi connectivity index (χ4n) is 1.98. The molecule has 1 atom stereocenters. The lowest BCUT2D eigenvalue weighted by Gasteiger charge is -2.07. The Kier molecular flexibility index (Phi) is 5.09. The van der Waals surface area contributed by atoms with Crippen LogP contribution in [0.1, 0.15) is 31.1 Å². The number of nitrogens with zero attached hydrogens (tertiary/aromatic N) is 2. The Morgan fingerprint density at radius 2 is 2.25 bits per heavy atom. The summed E-state index contributed by atoms with van der Waals surface area (Å²) in [5, 5.41) is 7.24. The highest BCUT2D eigenvalue weighted by Crippen LogP contribution is 2.19. The van der Waals surface area contributed by atoms with Crippen molar-refractivity contribution in [2.75, 3.05) is 6.54 Å². The molecule has 2 aromatic rings. The number of hydrogen-bond donors (Lipinski definition) is 1. The van der Waals surface area contributed by atoms with Crippen molar-refractivity contribution in [2.45, 2.75) is 32.7 Å². The van der Waals surface area contributed by atoms with Crippen molar-refractivity contribution >= 4 is 11.6 Å². The molecule has 1 aromatic heterocycles. The van der Waals surface area contributed by atoms with Crippen molar-refractivity contribution in [2.24, 2.45) is 0 Å². The Balaban J connectivity index is 2.04. The molecule has 0 saturated heterocycles. The van der Waals surface area contributed by atoms with Crippen LogP contribution < -0.4 is 5.32 Å². The van der Waals surface area contributed by atoms with Gasteiger partial charge in [-0.05, 0) is 25.1 Å². The molecule has 6 heteroatoms. The highest BCUT2D eigenvalue weighted by atomic mass is 35.5. The van der Waals surface area contributed by atoms with Gasteiger partial charge in [0.2, 0.25) is 5.89 Å². The maximum absolute atomic E-state index is 13.8. The van der Waals surface area contributed by atoms with Crippen LogP contribution in [0.15, 0.2) is 22.7 Å². The highest BCUT2D eigenvalue weighted by Gasteiger charge is 2.13. The summed E-state index contributed by atoms with van der Waals surface area (Å²) in [6.07, 6.45) is 0.921. The SMILES string of the molecule is CCNC(C)Cc1nc(Cc2cccc(Cl)c2F)no1. The van der Waals surface area contributed by atoms with E-state index in [9.17, 15) is 4.39 Å². The number of halogens is 2. The quantitative estimate of drug-likeness (QED) is 0.890. The van der Waals surface area contributed by atoms with E-state index in [1.54, 1.807) is 12.1 Å². The maximum atomic E-state index is 13.8. The van der Waals surface area contributed by atoms with Gasteiger partial charge in [-0.1, -0.05) is 35.8 Å². The first-order chi connectivity index (χ1) is 9.60. The van der Waals surface area contributed by atoms with Crippen LogP contribution in [-0.4, -0.2) is 22.7 Å². The van der Waals surface area contributed by atoms with E-state index in [-0.39, 0.29) is 17.5 Å². The smallest absolute Gasteiger partial charge is 0.228 e. The molecule has 4 nitrogen and oxygen atoms in total. The van der Waals surface area contributed by atoms with Gasteiger partial charge in [-0.2, -0.15) is 4.98 Å². The molecule has 0 aliphatic heterocycles. The monoisotopic (exact) mass is 297 g/mol. The van der Waals surface area contributed by atoms with Crippen molar-refractivity contribution in [3.8, 4) is 0 Å². The molecule has 2 rings (SSSR count). The van der Waals surface area contributed by atoms with Crippen molar-refractivity contribution in [3.05, 3.63) is 46.3 Å². The molecule has 0 bridgehead atoms. The lowest BCUT2D eigenvalue weighted by Crippen LogP contribution is -2.27. The van der Waals surface area contributed by atoms with Gasteiger partial charge in [0.1, 0.15) is 5.82 Å². The van der Waals surface area contributed by atoms with Crippen LogP contribution in [0.25, 0.3) is 0 Å². The molecular weight excluding hydrogens is 281 g/mol. The first-order valence-corrected chi connectivity index (χ1v) is 6.95. The summed E-state index contributed by atoms with van der Waals surface area (Å²) in [6.45, 7) is 4.97. The number of nitrogens with one attached hydrogen (secondary N) is 1. The van der Waals surface area contributed by atoms with Crippen LogP contribution in [0.4, 0.5) is 4.39 Å². The molecule has 0 amide bonds. The van der Waals surface area contributed by atoms with Gasteiger partial charge in [-0.15, -0.1) is 0 Å². The number of benzene rings is 1. The van der Waals surface area contributed by atoms with Gasteiger partial charge in [0.15, 0.2) is 5.82 Å². The van der Waals surface area contributed by atoms with E-state index in [1.807, 2.05) is 13.8 Å². The molecule has 0 aliphatic rings. The first-order valence-electron chi connectivity index (χ1n) is 6.58. The van der Waals surface area contributed by atoms with Crippen molar-refractivity contribution in [3.63, 3.8) is 0 Å². The zero-order valence-electron chi connectivity index (χ0n) is 11.5. The number of hydrogen-bond acceptors (Lipinski definition) is 4. The van der Waals surface area contributed by atoms with E-state index < -0.39 is 5.82 Å². The zero-order chi connectivity index (χ0) is 14.5. The third-order valence-corrected chi connectivity index (χ3v) is 3.22. The summed E-state index contributed by atoms with van der Waals surface area (Å²) < 4.78 is 18.9. The summed E-state index contributed by atoms with van der Waals surface area (Å²) in [7, 11) is 0. The van der Waals surface area contributed by atoms with Gasteiger partial charge >= 0.3 is 0 Å². The molecule has 108 valence electrons. The Hall–Kier alpha value is -1.46. The van der Waals surface area contributed by atoms with Crippen molar-refractivity contribution in [1.82, 2.24) is 15.5 Å². The Morgan fingerprint density at radius 1 is 1.45 bits per heavy atom. The molecule has 0 fully saturated rings. The zero-order valence-corrected chi connectivity index (χ0v) is 12.2. The van der Waals surface area contributed by atoms with Crippen molar-refractivity contribution in [1.29, 1.82) is 0 Å². The highest BCUT2D eigenvalue weighted by molar-refractivity contribution is 6.30. The fourth-order valence-corrected chi connectivity index (χ4v) is 2.18. The summed E-state index contributed by atoms with van der Waals surface area (Å²) in [4.78, 5) is 4.27. The van der Waals surface area contributed by atoms with Gasteiger partial charge in [-0.3, -0.25) is 0 Å². The predicted octanol–water partition coefficient (Wildman–Crippen LogP) is 2.99. The summed E-state index contributed by atoms with van der Waals surface area (Å²) in [6, 6.07) is 5.14. The molecular formula is C14H17ClFN3O. The van der Waals surface area contributed by atoms with Crippen LogP contribution >= 0.6 is 11.6 Å². The molecule has 20 heavy (non-hydrogen) atoms. The largest absolute Gasteiger partial charge is 0.339 e. The van der Waals surface area contributed by atoms with Gasteiger partial charge in [0.25, 0.3) is 0 Å². The third kappa shape index (κ3) is 3.77. The Bertz CT molecular complexity index is 573. The van der Waals surface area contributed by atoms with E-state index in [2.05, 4.69) is 15.5 Å². The molecule has 0 radical (unpaired) electrons. The molecule has 0 aliphatic carbocycles. The average Bonchev–Trinajstić information content (AvgIpc) is 2.82. The number of likely N-dealkylation sites (N-methyl/N-ethyl adjacent to an activating group) is 1. The van der Waals surface area contributed by atoms with Gasteiger partial charge < -0.3 is 9.84 Å². The van der Waals surface area contributed by atoms with Crippen LogP contribution in [-0.2, 0) is 12.8 Å². The molecule has 0 spiro atoms. The summed E-state index contributed by atoms with van der Waals surface area (Å²) in [5.74, 6) is 0.585. The standard InChI is InChI=1S/C14H17ClFN3O/c1-3-17-9(2)7-13-18-12(19-20-13)8-10-5-4-6-11(15)14(10)16/h4-6,9,17H,3,7-8H2,1-2H3. The lowest BCUT2D eigenvalue weighted by molar-refractivity contribution is 0.359. The second-order valence-electron chi connectivity index (χ2n) is 4.66. The van der Waals surface area contributed by atoms with Crippen molar-refractivity contribution < 1.29 is 8.91 Å². The van der Waals surface area contributed by atoms with Gasteiger partial charge in [0, 0.05) is 18.9 Å². The second kappa shape index (κ2) is 6.81. The first kappa shape index (κ1) is 14.9. The van der Waals surface area contributed by atoms with E-state index in [0.717, 1.165) is 6.54 Å². The molecule has 0 saturated carbocycles. The maximum Gasteiger partial charge on any atom is 0.228 e. The van der Waals surface area contributed by atoms with Gasteiger partial charge in [0.05, 0.1) is 5.02 Å². The van der Waals surface area contributed by atoms with Crippen LogP contribution in [0.5, 0.6) is 0 Å². The Morgan fingerprint density at radius 3 is 3.00 bits per heavy atom. The van der Waals surface area contributed by atoms with E-state index in [0.29, 0.717) is 23.7 Å². The molecule has 1 unspecified atom stereocenters. The van der Waals surface area contributed by atoms with Crippen LogP contribution in [0.3, 0.4) is 0 Å². The minimum absolute atomic E-state index is 0.104. The normalized spacial score (nSPS) is 12.6. The fraction of sp³-hybridized carbons (Fsp3) is 0.429. The number of rotatable bonds is 6. The van der Waals surface area contributed by atoms with E-state index in [4.69, 9.17) is 16.1 Å². The minimum atomic E-state index is -0.429.